The van der Waals surface area contributed by atoms with Crippen molar-refractivity contribution in [1.82, 2.24) is 9.97 Å². The van der Waals surface area contributed by atoms with E-state index in [2.05, 4.69) is 15.3 Å². The molecule has 25 heavy (non-hydrogen) atoms. The highest BCUT2D eigenvalue weighted by Gasteiger charge is 2.15. The second-order valence-corrected chi connectivity index (χ2v) is 5.78. The average molecular weight is 378 g/mol. The summed E-state index contributed by atoms with van der Waals surface area (Å²) in [5.41, 5.74) is 0.726. The fraction of sp³-hybridized carbons (Fsp3) is 0.118. The molecule has 0 bridgehead atoms. The zero-order chi connectivity index (χ0) is 17.8. The molecule has 128 valence electrons. The summed E-state index contributed by atoms with van der Waals surface area (Å²) in [4.78, 5) is 19.9. The second-order valence-electron chi connectivity index (χ2n) is 5.00. The van der Waals surface area contributed by atoms with Crippen LogP contribution in [0.25, 0.3) is 11.4 Å². The molecule has 0 aliphatic heterocycles. The summed E-state index contributed by atoms with van der Waals surface area (Å²) in [7, 11) is 1.51. The molecule has 0 saturated carbocycles. The molecule has 0 unspecified atom stereocenters. The number of nitrogens with one attached hydrogen (secondary N) is 1. The van der Waals surface area contributed by atoms with Crippen molar-refractivity contribution < 1.29 is 13.9 Å². The predicted octanol–water partition coefficient (Wildman–Crippen LogP) is 4.48. The lowest BCUT2D eigenvalue weighted by Gasteiger charge is -2.11. The number of nitrogens with zero attached hydrogens (tertiary/aromatic N) is 2. The van der Waals surface area contributed by atoms with Crippen molar-refractivity contribution in [2.45, 2.75) is 6.54 Å². The fourth-order valence-corrected chi connectivity index (χ4v) is 2.56. The number of anilines is 1. The number of hydrogen-bond acceptors (Lipinski definition) is 6. The first-order chi connectivity index (χ1) is 12.1. The third-order valence-electron chi connectivity index (χ3n) is 3.41. The maximum absolute atomic E-state index is 11.3. The van der Waals surface area contributed by atoms with Crippen molar-refractivity contribution in [2.24, 2.45) is 0 Å². The van der Waals surface area contributed by atoms with Crippen LogP contribution in [0.3, 0.4) is 0 Å². The first-order valence-electron chi connectivity index (χ1n) is 7.25. The zero-order valence-corrected chi connectivity index (χ0v) is 14.6. The first kappa shape index (κ1) is 17.3. The summed E-state index contributed by atoms with van der Waals surface area (Å²) < 4.78 is 10.5. The van der Waals surface area contributed by atoms with Gasteiger partial charge in [0.2, 0.25) is 0 Å². The van der Waals surface area contributed by atoms with Crippen LogP contribution in [-0.4, -0.2) is 23.4 Å². The molecule has 1 N–H and O–H groups in total. The molecule has 0 spiro atoms. The minimum atomic E-state index is 0.0857. The van der Waals surface area contributed by atoms with Gasteiger partial charge in [-0.2, -0.15) is 0 Å². The molecule has 3 rings (SSSR count). The van der Waals surface area contributed by atoms with Gasteiger partial charge in [0, 0.05) is 5.56 Å². The van der Waals surface area contributed by atoms with Gasteiger partial charge in [-0.15, -0.1) is 0 Å². The maximum Gasteiger partial charge on any atom is 0.170 e. The monoisotopic (exact) mass is 377 g/mol. The number of aromatic nitrogens is 2. The standard InChI is InChI=1S/C17H13Cl2N3O3/c1-24-14-7-10(4-5-12(14)18)16-21-13(9-23)15(19)17(22-16)20-8-11-3-2-6-25-11/h2-7,9H,8H2,1H3,(H,20,21,22). The van der Waals surface area contributed by atoms with Gasteiger partial charge in [-0.3, -0.25) is 4.79 Å². The number of furan rings is 1. The van der Waals surface area contributed by atoms with Crippen LogP contribution in [-0.2, 0) is 6.54 Å². The predicted molar refractivity (Wildman–Crippen MR) is 95.5 cm³/mol. The Balaban J connectivity index is 1.99. The highest BCUT2D eigenvalue weighted by atomic mass is 35.5. The van der Waals surface area contributed by atoms with E-state index in [0.717, 1.165) is 0 Å². The second kappa shape index (κ2) is 7.55. The van der Waals surface area contributed by atoms with E-state index in [9.17, 15) is 4.79 Å². The molecular formula is C17H13Cl2N3O3. The Kier molecular flexibility index (Phi) is 5.21. The maximum atomic E-state index is 11.3. The van der Waals surface area contributed by atoms with E-state index in [1.54, 1.807) is 30.5 Å². The number of benzene rings is 1. The summed E-state index contributed by atoms with van der Waals surface area (Å²) in [5.74, 6) is 1.84. The normalized spacial score (nSPS) is 10.5. The van der Waals surface area contributed by atoms with Crippen LogP contribution in [0.15, 0.2) is 41.0 Å². The van der Waals surface area contributed by atoms with E-state index in [-0.39, 0.29) is 10.7 Å². The first-order valence-corrected chi connectivity index (χ1v) is 8.01. The number of carbonyl (C=O) groups is 1. The van der Waals surface area contributed by atoms with Crippen molar-refractivity contribution in [1.29, 1.82) is 0 Å². The molecule has 2 heterocycles. The van der Waals surface area contributed by atoms with E-state index < -0.39 is 0 Å². The molecule has 6 nitrogen and oxygen atoms in total. The Bertz CT molecular complexity index is 898. The van der Waals surface area contributed by atoms with E-state index in [1.165, 1.54) is 7.11 Å². The fourth-order valence-electron chi connectivity index (χ4n) is 2.17. The van der Waals surface area contributed by atoms with E-state index in [4.69, 9.17) is 32.4 Å². The number of aldehydes is 1. The van der Waals surface area contributed by atoms with Gasteiger partial charge in [0.15, 0.2) is 12.1 Å². The summed E-state index contributed by atoms with van der Waals surface area (Å²) >= 11 is 12.2. The molecule has 0 radical (unpaired) electrons. The molecule has 0 fully saturated rings. The van der Waals surface area contributed by atoms with Crippen LogP contribution < -0.4 is 10.1 Å². The molecule has 0 saturated heterocycles. The lowest BCUT2D eigenvalue weighted by Crippen LogP contribution is -2.06. The van der Waals surface area contributed by atoms with Gasteiger partial charge in [-0.1, -0.05) is 23.2 Å². The molecule has 8 heteroatoms. The van der Waals surface area contributed by atoms with Gasteiger partial charge in [0.05, 0.1) is 24.9 Å². The average Bonchev–Trinajstić information content (AvgIpc) is 3.15. The minimum absolute atomic E-state index is 0.0857. The number of halogens is 2. The van der Waals surface area contributed by atoms with Gasteiger partial charge < -0.3 is 14.5 Å². The topological polar surface area (TPSA) is 77.2 Å². The number of carbonyl (C=O) groups excluding carboxylic acids is 1. The summed E-state index contributed by atoms with van der Waals surface area (Å²) in [5, 5.41) is 3.66. The van der Waals surface area contributed by atoms with Crippen LogP contribution in [0.5, 0.6) is 5.75 Å². The Morgan fingerprint density at radius 2 is 2.12 bits per heavy atom. The number of ether oxygens (including phenoxy) is 1. The van der Waals surface area contributed by atoms with E-state index >= 15 is 0 Å². The van der Waals surface area contributed by atoms with Gasteiger partial charge in [0.25, 0.3) is 0 Å². The molecule has 0 aliphatic rings. The van der Waals surface area contributed by atoms with Crippen molar-refractivity contribution in [2.75, 3.05) is 12.4 Å². The third kappa shape index (κ3) is 3.75. The van der Waals surface area contributed by atoms with Crippen molar-refractivity contribution >= 4 is 35.3 Å². The highest BCUT2D eigenvalue weighted by Crippen LogP contribution is 2.31. The Hall–Kier alpha value is -2.57. The van der Waals surface area contributed by atoms with Crippen molar-refractivity contribution in [3.63, 3.8) is 0 Å². The quantitative estimate of drug-likeness (QED) is 0.638. The van der Waals surface area contributed by atoms with Crippen LogP contribution >= 0.6 is 23.2 Å². The van der Waals surface area contributed by atoms with E-state index in [0.29, 0.717) is 46.6 Å². The molecule has 1 aromatic carbocycles. The SMILES string of the molecule is COc1cc(-c2nc(C=O)c(Cl)c(NCc3ccco3)n2)ccc1Cl. The van der Waals surface area contributed by atoms with Crippen LogP contribution in [0.1, 0.15) is 16.2 Å². The molecule has 0 amide bonds. The van der Waals surface area contributed by atoms with E-state index in [1.807, 2.05) is 6.07 Å². The van der Waals surface area contributed by atoms with Crippen molar-refractivity contribution in [3.05, 3.63) is 58.1 Å². The summed E-state index contributed by atoms with van der Waals surface area (Å²) in [6.45, 7) is 0.366. The molecular weight excluding hydrogens is 365 g/mol. The summed E-state index contributed by atoms with van der Waals surface area (Å²) in [6.07, 6.45) is 2.15. The van der Waals surface area contributed by atoms with Crippen LogP contribution in [0.4, 0.5) is 5.82 Å². The minimum Gasteiger partial charge on any atom is -0.495 e. The van der Waals surface area contributed by atoms with Gasteiger partial charge in [-0.25, -0.2) is 9.97 Å². The third-order valence-corrected chi connectivity index (χ3v) is 4.09. The van der Waals surface area contributed by atoms with Crippen LogP contribution in [0, 0.1) is 0 Å². The molecule has 2 aromatic heterocycles. The summed E-state index contributed by atoms with van der Waals surface area (Å²) in [6, 6.07) is 8.69. The highest BCUT2D eigenvalue weighted by molar-refractivity contribution is 6.35. The number of methoxy groups -OCH3 is 1. The lowest BCUT2D eigenvalue weighted by molar-refractivity contribution is 0.111. The Labute approximate surface area is 153 Å². The Morgan fingerprint density at radius 3 is 2.80 bits per heavy atom. The Morgan fingerprint density at radius 1 is 1.28 bits per heavy atom. The zero-order valence-electron chi connectivity index (χ0n) is 13.1. The van der Waals surface area contributed by atoms with Gasteiger partial charge in [-0.05, 0) is 30.3 Å². The number of hydrogen-bond donors (Lipinski definition) is 1. The van der Waals surface area contributed by atoms with Crippen LogP contribution in [0.2, 0.25) is 10.0 Å². The molecule has 0 aliphatic carbocycles. The molecule has 0 atom stereocenters. The van der Waals surface area contributed by atoms with Gasteiger partial charge in [0.1, 0.15) is 28.0 Å². The number of rotatable bonds is 6. The largest absolute Gasteiger partial charge is 0.495 e. The molecule has 3 aromatic rings. The van der Waals surface area contributed by atoms with Crippen molar-refractivity contribution in [3.8, 4) is 17.1 Å². The smallest absolute Gasteiger partial charge is 0.170 e. The lowest BCUT2D eigenvalue weighted by atomic mass is 10.2. The van der Waals surface area contributed by atoms with Gasteiger partial charge >= 0.3 is 0 Å².